The van der Waals surface area contributed by atoms with Gasteiger partial charge in [-0.2, -0.15) is 0 Å². The molecule has 4 saturated carbocycles. The molecule has 174 valence electrons. The molecular formula is C25H25FN6O2. The second-order valence-electron chi connectivity index (χ2n) is 10.1. The highest BCUT2D eigenvalue weighted by Crippen LogP contribution is 2.48. The van der Waals surface area contributed by atoms with Gasteiger partial charge in [-0.25, -0.2) is 18.9 Å². The van der Waals surface area contributed by atoms with Gasteiger partial charge in [0.1, 0.15) is 17.0 Å². The summed E-state index contributed by atoms with van der Waals surface area (Å²) in [4.78, 5) is 24.4. The van der Waals surface area contributed by atoms with Crippen LogP contribution in [-0.4, -0.2) is 41.7 Å². The first-order valence-electron chi connectivity index (χ1n) is 12.1. The van der Waals surface area contributed by atoms with E-state index >= 15 is 0 Å². The third-order valence-corrected chi connectivity index (χ3v) is 8.11. The van der Waals surface area contributed by atoms with Crippen molar-refractivity contribution in [3.05, 3.63) is 42.1 Å². The van der Waals surface area contributed by atoms with E-state index in [1.165, 1.54) is 17.8 Å². The monoisotopic (exact) mass is 460 g/mol. The average Bonchev–Trinajstić information content (AvgIpc) is 3.45. The molecule has 0 spiro atoms. The van der Waals surface area contributed by atoms with E-state index in [4.69, 9.17) is 10.1 Å². The second-order valence-corrected chi connectivity index (χ2v) is 10.1. The number of H-pyrrole nitrogens is 1. The highest BCUT2D eigenvalue weighted by molar-refractivity contribution is 5.92. The standard InChI is InChI=1S/C25H25FN6O2/c26-15-9-17-18(11-28-22(17)27-10-15)23-30-24(21-16(12-1-2-12)7-8-32(21)31-23)29-20-14-5-3-13(4-6-14)19(20)25(33)34/h7-14,19-20H,1-6H2,(H,27,28)(H,33,34)(H,29,30,31)/t13-,14+,19-,20?/m0/s1. The van der Waals surface area contributed by atoms with E-state index in [1.807, 2.05) is 10.7 Å². The molecule has 4 fully saturated rings. The lowest BCUT2D eigenvalue weighted by Crippen LogP contribution is -2.51. The number of hydrogen-bond acceptors (Lipinski definition) is 5. The fraction of sp³-hybridized carbons (Fsp3) is 0.440. The number of pyridine rings is 1. The van der Waals surface area contributed by atoms with Gasteiger partial charge in [0, 0.05) is 29.4 Å². The zero-order valence-electron chi connectivity index (χ0n) is 18.5. The molecule has 4 aliphatic carbocycles. The SMILES string of the molecule is O=C(O)[C@@H]1C(Nc2nc(-c3c[nH]c4ncc(F)cc34)nn3ccc(C4CC4)c23)[C@H]2CC[C@@H]1CC2. The van der Waals surface area contributed by atoms with Crippen molar-refractivity contribution < 1.29 is 14.3 Å². The van der Waals surface area contributed by atoms with Crippen LogP contribution in [0.3, 0.4) is 0 Å². The lowest BCUT2D eigenvalue weighted by molar-refractivity contribution is -0.148. The Labute approximate surface area is 194 Å². The normalized spacial score (nSPS) is 26.4. The van der Waals surface area contributed by atoms with Crippen molar-refractivity contribution in [2.75, 3.05) is 5.32 Å². The summed E-state index contributed by atoms with van der Waals surface area (Å²) >= 11 is 0. The summed E-state index contributed by atoms with van der Waals surface area (Å²) < 4.78 is 15.8. The minimum absolute atomic E-state index is 0.166. The topological polar surface area (TPSA) is 108 Å². The van der Waals surface area contributed by atoms with Gasteiger partial charge in [0.15, 0.2) is 11.6 Å². The number of aromatic amines is 1. The Morgan fingerprint density at radius 2 is 1.97 bits per heavy atom. The van der Waals surface area contributed by atoms with Crippen LogP contribution in [0.1, 0.15) is 50.0 Å². The summed E-state index contributed by atoms with van der Waals surface area (Å²) in [7, 11) is 0. The van der Waals surface area contributed by atoms with E-state index in [9.17, 15) is 14.3 Å². The van der Waals surface area contributed by atoms with E-state index in [-0.39, 0.29) is 12.0 Å². The van der Waals surface area contributed by atoms with Crippen molar-refractivity contribution in [1.29, 1.82) is 0 Å². The number of aromatic nitrogens is 5. The molecule has 0 aromatic carbocycles. The lowest BCUT2D eigenvalue weighted by atomic mass is 9.61. The summed E-state index contributed by atoms with van der Waals surface area (Å²) in [5, 5.41) is 19.0. The Bertz CT molecular complexity index is 1430. The highest BCUT2D eigenvalue weighted by atomic mass is 19.1. The van der Waals surface area contributed by atoms with E-state index in [1.54, 1.807) is 6.20 Å². The van der Waals surface area contributed by atoms with Gasteiger partial charge in [0.2, 0.25) is 0 Å². The number of nitrogens with zero attached hydrogens (tertiary/aromatic N) is 4. The smallest absolute Gasteiger partial charge is 0.308 e. The summed E-state index contributed by atoms with van der Waals surface area (Å²) in [6, 6.07) is 3.36. The predicted molar refractivity (Wildman–Crippen MR) is 124 cm³/mol. The molecule has 4 aliphatic rings. The molecule has 1 unspecified atom stereocenters. The number of halogens is 1. The minimum atomic E-state index is -0.729. The van der Waals surface area contributed by atoms with Gasteiger partial charge in [-0.3, -0.25) is 4.79 Å². The molecule has 2 atom stereocenters. The van der Waals surface area contributed by atoms with Crippen LogP contribution in [0.15, 0.2) is 30.7 Å². The number of carbonyl (C=O) groups is 1. The fourth-order valence-corrected chi connectivity index (χ4v) is 6.32. The fourth-order valence-electron chi connectivity index (χ4n) is 6.32. The first-order valence-corrected chi connectivity index (χ1v) is 12.1. The van der Waals surface area contributed by atoms with Gasteiger partial charge >= 0.3 is 5.97 Å². The van der Waals surface area contributed by atoms with Crippen LogP contribution < -0.4 is 5.32 Å². The van der Waals surface area contributed by atoms with Crippen molar-refractivity contribution in [3.63, 3.8) is 0 Å². The predicted octanol–water partition coefficient (Wildman–Crippen LogP) is 4.59. The van der Waals surface area contributed by atoms with Gasteiger partial charge in [-0.1, -0.05) is 0 Å². The van der Waals surface area contributed by atoms with Crippen molar-refractivity contribution in [2.24, 2.45) is 17.8 Å². The van der Waals surface area contributed by atoms with Crippen LogP contribution in [0.4, 0.5) is 10.2 Å². The quantitative estimate of drug-likeness (QED) is 0.402. The molecule has 0 amide bonds. The molecular weight excluding hydrogens is 435 g/mol. The van der Waals surface area contributed by atoms with E-state index in [0.717, 1.165) is 44.0 Å². The van der Waals surface area contributed by atoms with Crippen molar-refractivity contribution in [1.82, 2.24) is 24.6 Å². The third-order valence-electron chi connectivity index (χ3n) is 8.11. The minimum Gasteiger partial charge on any atom is -0.481 e. The maximum atomic E-state index is 14.0. The average molecular weight is 461 g/mol. The molecule has 4 heterocycles. The van der Waals surface area contributed by atoms with Crippen LogP contribution in [0, 0.1) is 23.6 Å². The van der Waals surface area contributed by atoms with Crippen LogP contribution in [-0.2, 0) is 4.79 Å². The highest BCUT2D eigenvalue weighted by Gasteiger charge is 2.47. The number of nitrogens with one attached hydrogen (secondary N) is 2. The summed E-state index contributed by atoms with van der Waals surface area (Å²) in [6.45, 7) is 0. The lowest BCUT2D eigenvalue weighted by Gasteiger charge is -2.47. The van der Waals surface area contributed by atoms with Gasteiger partial charge < -0.3 is 15.4 Å². The summed E-state index contributed by atoms with van der Waals surface area (Å²) in [5.41, 5.74) is 3.35. The number of carboxylic acid groups (broad SMARTS) is 1. The van der Waals surface area contributed by atoms with Gasteiger partial charge in [0.05, 0.1) is 12.1 Å². The van der Waals surface area contributed by atoms with Crippen LogP contribution in [0.25, 0.3) is 27.9 Å². The van der Waals surface area contributed by atoms with E-state index < -0.39 is 17.7 Å². The molecule has 9 heteroatoms. The number of aliphatic carboxylic acids is 1. The Morgan fingerprint density at radius 3 is 2.74 bits per heavy atom. The molecule has 8 rings (SSSR count). The third kappa shape index (κ3) is 3.02. The summed E-state index contributed by atoms with van der Waals surface area (Å²) in [5.74, 6) is 0.547. The first-order chi connectivity index (χ1) is 16.6. The molecule has 2 bridgehead atoms. The maximum absolute atomic E-state index is 14.0. The molecule has 8 nitrogen and oxygen atoms in total. The Kier molecular flexibility index (Phi) is 4.25. The Hall–Kier alpha value is -3.49. The summed E-state index contributed by atoms with van der Waals surface area (Å²) in [6.07, 6.45) is 11.2. The van der Waals surface area contributed by atoms with E-state index in [0.29, 0.717) is 40.1 Å². The van der Waals surface area contributed by atoms with E-state index in [2.05, 4.69) is 21.4 Å². The Morgan fingerprint density at radius 1 is 1.18 bits per heavy atom. The molecule has 4 aromatic heterocycles. The van der Waals surface area contributed by atoms with Crippen molar-refractivity contribution in [3.8, 4) is 11.4 Å². The maximum Gasteiger partial charge on any atom is 0.308 e. The Balaban J connectivity index is 1.38. The van der Waals surface area contributed by atoms with Crippen LogP contribution in [0.5, 0.6) is 0 Å². The number of fused-ring (bicyclic) bond motifs is 5. The van der Waals surface area contributed by atoms with Crippen LogP contribution in [0.2, 0.25) is 0 Å². The molecule has 34 heavy (non-hydrogen) atoms. The molecule has 4 aromatic rings. The molecule has 0 radical (unpaired) electrons. The van der Waals surface area contributed by atoms with Gasteiger partial charge in [-0.15, -0.1) is 5.10 Å². The number of rotatable bonds is 5. The number of carboxylic acids is 1. The van der Waals surface area contributed by atoms with Gasteiger partial charge in [0.25, 0.3) is 0 Å². The van der Waals surface area contributed by atoms with Crippen molar-refractivity contribution in [2.45, 2.75) is 50.5 Å². The van der Waals surface area contributed by atoms with Gasteiger partial charge in [-0.05, 0) is 74.0 Å². The first kappa shape index (κ1) is 19.9. The zero-order valence-corrected chi connectivity index (χ0v) is 18.5. The largest absolute Gasteiger partial charge is 0.481 e. The number of hydrogen-bond donors (Lipinski definition) is 3. The molecule has 3 N–H and O–H groups in total. The number of anilines is 1. The zero-order chi connectivity index (χ0) is 23.0. The molecule has 0 saturated heterocycles. The molecule has 0 aliphatic heterocycles. The second kappa shape index (κ2) is 7.25. The van der Waals surface area contributed by atoms with Crippen LogP contribution >= 0.6 is 0 Å². The van der Waals surface area contributed by atoms with Crippen molar-refractivity contribution >= 4 is 28.3 Å².